The number of imidazole rings is 1. The molecular weight excluding hydrogens is 320 g/mol. The third-order valence-electron chi connectivity index (χ3n) is 4.74. The van der Waals surface area contributed by atoms with Crippen LogP contribution in [0.15, 0.2) is 79.1 Å². The van der Waals surface area contributed by atoms with Crippen LogP contribution in [0.3, 0.4) is 0 Å². The Hall–Kier alpha value is -3.40. The van der Waals surface area contributed by atoms with Gasteiger partial charge in [0, 0.05) is 18.0 Å². The number of fused-ring (bicyclic) bond motifs is 5. The molecule has 126 valence electrons. The molecular formula is C22H18N4. The fourth-order valence-corrected chi connectivity index (χ4v) is 3.44. The van der Waals surface area contributed by atoms with Crippen molar-refractivity contribution >= 4 is 11.5 Å². The van der Waals surface area contributed by atoms with E-state index < -0.39 is 0 Å². The molecule has 4 aromatic rings. The second kappa shape index (κ2) is 6.15. The molecule has 0 aliphatic carbocycles. The molecule has 0 atom stereocenters. The molecule has 4 heteroatoms. The molecule has 1 aliphatic rings. The van der Waals surface area contributed by atoms with Gasteiger partial charge in [-0.1, -0.05) is 42.5 Å². The van der Waals surface area contributed by atoms with Crippen molar-refractivity contribution in [3.63, 3.8) is 0 Å². The zero-order valence-electron chi connectivity index (χ0n) is 14.3. The van der Waals surface area contributed by atoms with E-state index in [9.17, 15) is 0 Å². The molecule has 0 saturated carbocycles. The van der Waals surface area contributed by atoms with E-state index in [-0.39, 0.29) is 0 Å². The van der Waals surface area contributed by atoms with E-state index in [0.29, 0.717) is 0 Å². The molecule has 0 unspecified atom stereocenters. The van der Waals surface area contributed by atoms with Crippen molar-refractivity contribution in [2.24, 2.45) is 0 Å². The highest BCUT2D eigenvalue weighted by molar-refractivity contribution is 5.83. The van der Waals surface area contributed by atoms with Crippen LogP contribution in [-0.2, 0) is 12.8 Å². The smallest absolute Gasteiger partial charge is 0.154 e. The maximum Gasteiger partial charge on any atom is 0.154 e. The number of hydrogen-bond donors (Lipinski definition) is 1. The van der Waals surface area contributed by atoms with Gasteiger partial charge in [-0.3, -0.25) is 4.57 Å². The molecule has 0 radical (unpaired) electrons. The lowest BCUT2D eigenvalue weighted by Gasteiger charge is -2.08. The lowest BCUT2D eigenvalue weighted by molar-refractivity contribution is 0.925. The Balaban J connectivity index is 1.59. The minimum atomic E-state index is 0.853. The van der Waals surface area contributed by atoms with Crippen LogP contribution < -0.4 is 5.32 Å². The van der Waals surface area contributed by atoms with E-state index >= 15 is 0 Å². The fourth-order valence-electron chi connectivity index (χ4n) is 3.44. The lowest BCUT2D eigenvalue weighted by atomic mass is 10.1. The average Bonchev–Trinajstić information content (AvgIpc) is 3.07. The number of rotatable bonds is 3. The van der Waals surface area contributed by atoms with Gasteiger partial charge in [0.2, 0.25) is 0 Å². The van der Waals surface area contributed by atoms with Gasteiger partial charge in [-0.2, -0.15) is 0 Å². The minimum Gasteiger partial charge on any atom is -0.338 e. The second-order valence-electron chi connectivity index (χ2n) is 6.45. The highest BCUT2D eigenvalue weighted by atomic mass is 15.1. The Morgan fingerprint density at radius 3 is 2.62 bits per heavy atom. The summed E-state index contributed by atoms with van der Waals surface area (Å²) in [7, 11) is 0. The molecule has 0 spiro atoms. The molecule has 4 nitrogen and oxygen atoms in total. The number of anilines is 2. The van der Waals surface area contributed by atoms with Gasteiger partial charge in [0.15, 0.2) is 5.82 Å². The summed E-state index contributed by atoms with van der Waals surface area (Å²) in [6.07, 6.45) is 5.85. The fraction of sp³-hybridized carbons (Fsp3) is 0.0909. The number of nitrogens with one attached hydrogen (secondary N) is 1. The molecule has 2 aromatic heterocycles. The van der Waals surface area contributed by atoms with E-state index in [4.69, 9.17) is 4.98 Å². The van der Waals surface area contributed by atoms with Gasteiger partial charge in [0.1, 0.15) is 5.82 Å². The average molecular weight is 338 g/mol. The van der Waals surface area contributed by atoms with Crippen LogP contribution in [0.4, 0.5) is 11.5 Å². The number of benzene rings is 2. The first-order valence-corrected chi connectivity index (χ1v) is 8.82. The summed E-state index contributed by atoms with van der Waals surface area (Å²) >= 11 is 0. The van der Waals surface area contributed by atoms with E-state index in [0.717, 1.165) is 47.1 Å². The quantitative estimate of drug-likeness (QED) is 0.515. The SMILES string of the molecule is c1ccc(CCc2cn3c(n2)-c2ccccc2Nc2ncccc2-3)cc1. The Bertz CT molecular complexity index is 1000. The number of aryl methyl sites for hydroxylation is 2. The summed E-state index contributed by atoms with van der Waals surface area (Å²) in [4.78, 5) is 9.48. The van der Waals surface area contributed by atoms with Gasteiger partial charge < -0.3 is 5.32 Å². The number of aromatic nitrogens is 3. The normalized spacial score (nSPS) is 11.7. The largest absolute Gasteiger partial charge is 0.338 e. The number of para-hydroxylation sites is 1. The molecule has 5 rings (SSSR count). The van der Waals surface area contributed by atoms with Gasteiger partial charge in [-0.15, -0.1) is 0 Å². The van der Waals surface area contributed by atoms with E-state index in [1.165, 1.54) is 5.56 Å². The number of nitrogens with zero attached hydrogens (tertiary/aromatic N) is 3. The zero-order valence-corrected chi connectivity index (χ0v) is 14.3. The van der Waals surface area contributed by atoms with Crippen molar-refractivity contribution in [2.45, 2.75) is 12.8 Å². The van der Waals surface area contributed by atoms with Gasteiger partial charge in [0.25, 0.3) is 0 Å². The van der Waals surface area contributed by atoms with E-state index in [1.807, 2.05) is 24.4 Å². The van der Waals surface area contributed by atoms with Crippen molar-refractivity contribution in [3.8, 4) is 17.1 Å². The summed E-state index contributed by atoms with van der Waals surface area (Å²) in [5.41, 5.74) is 5.58. The molecule has 0 bridgehead atoms. The molecule has 2 aromatic carbocycles. The summed E-state index contributed by atoms with van der Waals surface area (Å²) in [6, 6.07) is 22.8. The predicted octanol–water partition coefficient (Wildman–Crippen LogP) is 4.78. The Kier molecular flexibility index (Phi) is 3.53. The van der Waals surface area contributed by atoms with E-state index in [1.54, 1.807) is 0 Å². The van der Waals surface area contributed by atoms with Crippen LogP contribution in [0.1, 0.15) is 11.3 Å². The third-order valence-corrected chi connectivity index (χ3v) is 4.74. The van der Waals surface area contributed by atoms with Crippen molar-refractivity contribution in [2.75, 3.05) is 5.32 Å². The summed E-state index contributed by atoms with van der Waals surface area (Å²) in [5.74, 6) is 1.81. The summed E-state index contributed by atoms with van der Waals surface area (Å²) in [6.45, 7) is 0. The van der Waals surface area contributed by atoms with Crippen molar-refractivity contribution < 1.29 is 0 Å². The molecule has 0 amide bonds. The van der Waals surface area contributed by atoms with Gasteiger partial charge in [-0.25, -0.2) is 9.97 Å². The van der Waals surface area contributed by atoms with Crippen molar-refractivity contribution in [3.05, 3.63) is 90.4 Å². The molecule has 26 heavy (non-hydrogen) atoms. The maximum absolute atomic E-state index is 4.96. The molecule has 3 heterocycles. The van der Waals surface area contributed by atoms with Gasteiger partial charge in [0.05, 0.1) is 17.1 Å². The second-order valence-corrected chi connectivity index (χ2v) is 6.45. The number of pyridine rings is 1. The highest BCUT2D eigenvalue weighted by Crippen LogP contribution is 2.36. The first-order chi connectivity index (χ1) is 12.9. The monoisotopic (exact) mass is 338 g/mol. The van der Waals surface area contributed by atoms with E-state index in [2.05, 4.69) is 69.6 Å². The topological polar surface area (TPSA) is 42.7 Å². The van der Waals surface area contributed by atoms with Crippen LogP contribution >= 0.6 is 0 Å². The summed E-state index contributed by atoms with van der Waals surface area (Å²) < 4.78 is 2.15. The Morgan fingerprint density at radius 1 is 0.846 bits per heavy atom. The molecule has 0 saturated heterocycles. The lowest BCUT2D eigenvalue weighted by Crippen LogP contribution is -1.98. The third kappa shape index (κ3) is 2.56. The molecule has 1 N–H and O–H groups in total. The van der Waals surface area contributed by atoms with Crippen LogP contribution in [0.2, 0.25) is 0 Å². The van der Waals surface area contributed by atoms with Crippen molar-refractivity contribution in [1.82, 2.24) is 14.5 Å². The standard InChI is InChI=1S/C22H18N4/c1-2-7-16(8-3-1)12-13-17-15-26-20-11-6-14-23-21(20)25-19-10-5-4-9-18(19)22(26)24-17/h1-11,14-15H,12-13H2,(H,23,25). The first kappa shape index (κ1) is 14.9. The van der Waals surface area contributed by atoms with Gasteiger partial charge in [-0.05, 0) is 42.7 Å². The van der Waals surface area contributed by atoms with Gasteiger partial charge >= 0.3 is 0 Å². The summed E-state index contributed by atoms with van der Waals surface area (Å²) in [5, 5.41) is 3.44. The van der Waals surface area contributed by atoms with Crippen LogP contribution in [0.25, 0.3) is 17.1 Å². The predicted molar refractivity (Wildman–Crippen MR) is 104 cm³/mol. The first-order valence-electron chi connectivity index (χ1n) is 8.82. The highest BCUT2D eigenvalue weighted by Gasteiger charge is 2.21. The Morgan fingerprint density at radius 2 is 1.69 bits per heavy atom. The van der Waals surface area contributed by atoms with Crippen LogP contribution in [0, 0.1) is 0 Å². The van der Waals surface area contributed by atoms with Crippen LogP contribution in [0.5, 0.6) is 0 Å². The zero-order chi connectivity index (χ0) is 17.3. The number of hydrogen-bond acceptors (Lipinski definition) is 3. The minimum absolute atomic E-state index is 0.853. The maximum atomic E-state index is 4.96. The molecule has 0 fully saturated rings. The van der Waals surface area contributed by atoms with Crippen LogP contribution in [-0.4, -0.2) is 14.5 Å². The molecule has 1 aliphatic heterocycles. The van der Waals surface area contributed by atoms with Crippen molar-refractivity contribution in [1.29, 1.82) is 0 Å². The Labute approximate surface area is 152 Å².